The van der Waals surface area contributed by atoms with E-state index in [-0.39, 0.29) is 12.6 Å². The number of nitrogens with zero attached hydrogens (tertiary/aromatic N) is 1. The van der Waals surface area contributed by atoms with E-state index in [0.717, 1.165) is 16.8 Å². The molecule has 2 aromatic carbocycles. The summed E-state index contributed by atoms with van der Waals surface area (Å²) in [4.78, 5) is 14.5. The summed E-state index contributed by atoms with van der Waals surface area (Å²) in [5, 5.41) is 13.6. The van der Waals surface area contributed by atoms with Gasteiger partial charge in [-0.15, -0.1) is 0 Å². The number of nitrogens with one attached hydrogen (secondary N) is 1. The molecule has 27 heavy (non-hydrogen) atoms. The second kappa shape index (κ2) is 7.88. The number of ether oxygens (including phenoxy) is 2. The highest BCUT2D eigenvalue weighted by Gasteiger charge is 2.32. The lowest BCUT2D eigenvalue weighted by Crippen LogP contribution is -2.41. The average Bonchev–Trinajstić information content (AvgIpc) is 2.67. The molecule has 0 fully saturated rings. The third-order valence-electron chi connectivity index (χ3n) is 4.90. The van der Waals surface area contributed by atoms with Crippen LogP contribution in [0.2, 0.25) is 0 Å². The first kappa shape index (κ1) is 19.0. The normalized spacial score (nSPS) is 16.1. The molecule has 0 spiro atoms. The Morgan fingerprint density at radius 2 is 1.81 bits per heavy atom. The molecule has 0 bridgehead atoms. The van der Waals surface area contributed by atoms with Crippen LogP contribution in [0, 0.1) is 0 Å². The van der Waals surface area contributed by atoms with Gasteiger partial charge in [-0.05, 0) is 29.7 Å². The minimum atomic E-state index is -0.843. The molecule has 1 unspecified atom stereocenters. The van der Waals surface area contributed by atoms with Gasteiger partial charge in [-0.2, -0.15) is 0 Å². The standard InChI is InChI=1S/C21H26N2O4/c1-13(2)14-7-5-6-8-16(14)22-21(25)23-11-15-18(26-3)9-10-19(27-4)20(15)17(24)12-23/h5-10,13,17,24H,11-12H2,1-4H3,(H,22,25). The van der Waals surface area contributed by atoms with Crippen LogP contribution in [-0.2, 0) is 6.54 Å². The number of aliphatic hydroxyl groups excluding tert-OH is 1. The summed E-state index contributed by atoms with van der Waals surface area (Å²) in [5.74, 6) is 1.52. The Bertz CT molecular complexity index is 835. The molecule has 1 atom stereocenters. The van der Waals surface area contributed by atoms with E-state index in [4.69, 9.17) is 9.47 Å². The number of benzene rings is 2. The van der Waals surface area contributed by atoms with Gasteiger partial charge in [0, 0.05) is 16.8 Å². The third-order valence-corrected chi connectivity index (χ3v) is 4.90. The van der Waals surface area contributed by atoms with Crippen molar-refractivity contribution in [2.24, 2.45) is 0 Å². The fraction of sp³-hybridized carbons (Fsp3) is 0.381. The van der Waals surface area contributed by atoms with Crippen molar-refractivity contribution in [2.45, 2.75) is 32.4 Å². The molecule has 6 nitrogen and oxygen atoms in total. The quantitative estimate of drug-likeness (QED) is 0.856. The van der Waals surface area contributed by atoms with Crippen molar-refractivity contribution in [2.75, 3.05) is 26.1 Å². The van der Waals surface area contributed by atoms with Gasteiger partial charge in [0.15, 0.2) is 0 Å². The van der Waals surface area contributed by atoms with E-state index in [2.05, 4.69) is 19.2 Å². The summed E-state index contributed by atoms with van der Waals surface area (Å²) in [6, 6.07) is 11.1. The van der Waals surface area contributed by atoms with E-state index in [9.17, 15) is 9.90 Å². The third kappa shape index (κ3) is 3.71. The van der Waals surface area contributed by atoms with E-state index in [1.165, 1.54) is 0 Å². The molecular formula is C21H26N2O4. The van der Waals surface area contributed by atoms with Crippen molar-refractivity contribution in [3.05, 3.63) is 53.1 Å². The summed E-state index contributed by atoms with van der Waals surface area (Å²) in [6.45, 7) is 4.70. The minimum Gasteiger partial charge on any atom is -0.496 e. The highest BCUT2D eigenvalue weighted by molar-refractivity contribution is 5.90. The Hall–Kier alpha value is -2.73. The molecule has 0 aliphatic carbocycles. The van der Waals surface area contributed by atoms with E-state index in [1.807, 2.05) is 24.3 Å². The number of urea groups is 1. The molecular weight excluding hydrogens is 344 g/mol. The van der Waals surface area contributed by atoms with Crippen molar-refractivity contribution in [3.63, 3.8) is 0 Å². The largest absolute Gasteiger partial charge is 0.496 e. The van der Waals surface area contributed by atoms with Gasteiger partial charge >= 0.3 is 6.03 Å². The zero-order chi connectivity index (χ0) is 19.6. The van der Waals surface area contributed by atoms with Gasteiger partial charge < -0.3 is 24.8 Å². The molecule has 0 saturated heterocycles. The second-order valence-corrected chi connectivity index (χ2v) is 6.93. The summed E-state index contributed by atoms with van der Waals surface area (Å²) >= 11 is 0. The number of β-amino-alcohol motifs (C(OH)–C–C–N with tert-alkyl or cyclic N) is 1. The number of fused-ring (bicyclic) bond motifs is 1. The van der Waals surface area contributed by atoms with Crippen LogP contribution in [0.4, 0.5) is 10.5 Å². The molecule has 3 rings (SSSR count). The number of hydrogen-bond donors (Lipinski definition) is 2. The number of carbonyl (C=O) groups is 1. The van der Waals surface area contributed by atoms with Gasteiger partial charge in [0.25, 0.3) is 0 Å². The number of para-hydroxylation sites is 1. The summed E-state index contributed by atoms with van der Waals surface area (Å²) < 4.78 is 10.8. The van der Waals surface area contributed by atoms with Crippen molar-refractivity contribution >= 4 is 11.7 Å². The molecule has 2 aromatic rings. The summed E-state index contributed by atoms with van der Waals surface area (Å²) in [7, 11) is 3.14. The number of anilines is 1. The number of amides is 2. The SMILES string of the molecule is COc1ccc(OC)c2c1CN(C(=O)Nc1ccccc1C(C)C)CC2O. The maximum Gasteiger partial charge on any atom is 0.322 e. The molecule has 1 aliphatic rings. The summed E-state index contributed by atoms with van der Waals surface area (Å²) in [6.07, 6.45) is -0.843. The van der Waals surface area contributed by atoms with Crippen molar-refractivity contribution in [1.82, 2.24) is 4.90 Å². The lowest BCUT2D eigenvalue weighted by Gasteiger charge is -2.34. The lowest BCUT2D eigenvalue weighted by atomic mass is 9.95. The smallest absolute Gasteiger partial charge is 0.322 e. The zero-order valence-electron chi connectivity index (χ0n) is 16.2. The van der Waals surface area contributed by atoms with Crippen LogP contribution in [-0.4, -0.2) is 36.8 Å². The fourth-order valence-corrected chi connectivity index (χ4v) is 3.54. The number of rotatable bonds is 4. The second-order valence-electron chi connectivity index (χ2n) is 6.93. The number of hydrogen-bond acceptors (Lipinski definition) is 4. The first-order valence-corrected chi connectivity index (χ1v) is 9.03. The fourth-order valence-electron chi connectivity index (χ4n) is 3.54. The van der Waals surface area contributed by atoms with Gasteiger partial charge in [0.1, 0.15) is 17.6 Å². The van der Waals surface area contributed by atoms with Gasteiger partial charge in [-0.3, -0.25) is 0 Å². The molecule has 1 heterocycles. The van der Waals surface area contributed by atoms with Crippen LogP contribution in [0.15, 0.2) is 36.4 Å². The zero-order valence-corrected chi connectivity index (χ0v) is 16.2. The van der Waals surface area contributed by atoms with Crippen LogP contribution in [0.25, 0.3) is 0 Å². The molecule has 2 N–H and O–H groups in total. The lowest BCUT2D eigenvalue weighted by molar-refractivity contribution is 0.105. The number of aliphatic hydroxyl groups is 1. The molecule has 2 amide bonds. The first-order valence-electron chi connectivity index (χ1n) is 9.03. The van der Waals surface area contributed by atoms with E-state index in [0.29, 0.717) is 29.5 Å². The average molecular weight is 370 g/mol. The molecule has 6 heteroatoms. The summed E-state index contributed by atoms with van der Waals surface area (Å²) in [5.41, 5.74) is 3.31. The molecule has 0 aromatic heterocycles. The predicted molar refractivity (Wildman–Crippen MR) is 104 cm³/mol. The molecule has 1 aliphatic heterocycles. The highest BCUT2D eigenvalue weighted by atomic mass is 16.5. The van der Waals surface area contributed by atoms with Gasteiger partial charge in [0.05, 0.1) is 27.3 Å². The Balaban J connectivity index is 1.87. The molecule has 0 saturated carbocycles. The molecule has 0 radical (unpaired) electrons. The molecule has 144 valence electrons. The van der Waals surface area contributed by atoms with Crippen LogP contribution >= 0.6 is 0 Å². The van der Waals surface area contributed by atoms with Gasteiger partial charge in [0.2, 0.25) is 0 Å². The Kier molecular flexibility index (Phi) is 5.56. The van der Waals surface area contributed by atoms with E-state index in [1.54, 1.807) is 31.3 Å². The topological polar surface area (TPSA) is 71.0 Å². The van der Waals surface area contributed by atoms with Crippen molar-refractivity contribution < 1.29 is 19.4 Å². The maximum atomic E-state index is 12.9. The van der Waals surface area contributed by atoms with E-state index < -0.39 is 6.10 Å². The van der Waals surface area contributed by atoms with Crippen molar-refractivity contribution in [3.8, 4) is 11.5 Å². The van der Waals surface area contributed by atoms with Crippen LogP contribution in [0.3, 0.4) is 0 Å². The van der Waals surface area contributed by atoms with Crippen LogP contribution < -0.4 is 14.8 Å². The van der Waals surface area contributed by atoms with Crippen LogP contribution in [0.1, 0.15) is 42.6 Å². The monoisotopic (exact) mass is 370 g/mol. The maximum absolute atomic E-state index is 12.9. The first-order chi connectivity index (χ1) is 13.0. The Morgan fingerprint density at radius 1 is 1.15 bits per heavy atom. The Labute approximate surface area is 159 Å². The number of carbonyl (C=O) groups excluding carboxylic acids is 1. The van der Waals surface area contributed by atoms with Crippen LogP contribution in [0.5, 0.6) is 11.5 Å². The predicted octanol–water partition coefficient (Wildman–Crippen LogP) is 3.91. The van der Waals surface area contributed by atoms with E-state index >= 15 is 0 Å². The van der Waals surface area contributed by atoms with Crippen molar-refractivity contribution in [1.29, 1.82) is 0 Å². The van der Waals surface area contributed by atoms with Gasteiger partial charge in [-0.1, -0.05) is 32.0 Å². The van der Waals surface area contributed by atoms with Gasteiger partial charge in [-0.25, -0.2) is 4.79 Å². The Morgan fingerprint density at radius 3 is 2.48 bits per heavy atom. The number of methoxy groups -OCH3 is 2. The minimum absolute atomic E-state index is 0.187. The highest BCUT2D eigenvalue weighted by Crippen LogP contribution is 2.39.